The molecular formula is C12H22ClN5O2. The molecule has 1 aromatic heterocycles. The second-order valence-corrected chi connectivity index (χ2v) is 4.79. The van der Waals surface area contributed by atoms with Crippen LogP contribution >= 0.6 is 12.4 Å². The fourth-order valence-corrected chi connectivity index (χ4v) is 2.19. The van der Waals surface area contributed by atoms with E-state index in [1.54, 1.807) is 0 Å². The third-order valence-corrected chi connectivity index (χ3v) is 3.25. The second kappa shape index (κ2) is 7.56. The molecule has 114 valence electrons. The van der Waals surface area contributed by atoms with Crippen molar-refractivity contribution in [3.63, 3.8) is 0 Å². The van der Waals surface area contributed by atoms with E-state index in [1.807, 2.05) is 11.6 Å². The first-order valence-corrected chi connectivity index (χ1v) is 6.61. The first kappa shape index (κ1) is 16.9. The Morgan fingerprint density at radius 1 is 1.65 bits per heavy atom. The van der Waals surface area contributed by atoms with Crippen LogP contribution in [0.2, 0.25) is 0 Å². The van der Waals surface area contributed by atoms with Crippen molar-refractivity contribution in [2.24, 2.45) is 5.73 Å². The van der Waals surface area contributed by atoms with Crippen molar-refractivity contribution >= 4 is 18.3 Å². The van der Waals surface area contributed by atoms with Crippen molar-refractivity contribution in [1.82, 2.24) is 20.1 Å². The van der Waals surface area contributed by atoms with Gasteiger partial charge in [0.25, 0.3) is 0 Å². The van der Waals surface area contributed by atoms with Crippen LogP contribution in [0.4, 0.5) is 0 Å². The van der Waals surface area contributed by atoms with E-state index < -0.39 is 6.04 Å². The first-order valence-electron chi connectivity index (χ1n) is 6.61. The highest BCUT2D eigenvalue weighted by Gasteiger charge is 2.24. The van der Waals surface area contributed by atoms with Crippen LogP contribution in [0.3, 0.4) is 0 Å². The number of aromatic nitrogens is 3. The average molecular weight is 304 g/mol. The Balaban J connectivity index is 0.00000200. The molecule has 20 heavy (non-hydrogen) atoms. The topological polar surface area (TPSA) is 95.1 Å². The van der Waals surface area contributed by atoms with E-state index in [0.29, 0.717) is 6.54 Å². The SMILES string of the molecule is CCc1nc2n(n1)CC(NC(=O)C(N)COC)CC2.Cl. The van der Waals surface area contributed by atoms with Gasteiger partial charge in [0.2, 0.25) is 5.91 Å². The van der Waals surface area contributed by atoms with Crippen LogP contribution in [0.1, 0.15) is 25.0 Å². The van der Waals surface area contributed by atoms with Gasteiger partial charge >= 0.3 is 0 Å². The molecule has 2 rings (SSSR count). The minimum absolute atomic E-state index is 0. The Morgan fingerprint density at radius 2 is 2.40 bits per heavy atom. The highest BCUT2D eigenvalue weighted by molar-refractivity contribution is 5.85. The van der Waals surface area contributed by atoms with Crippen LogP contribution in [0.25, 0.3) is 0 Å². The first-order chi connectivity index (χ1) is 9.13. The molecule has 8 heteroatoms. The number of hydrogen-bond acceptors (Lipinski definition) is 5. The Kier molecular flexibility index (Phi) is 6.38. The Hall–Kier alpha value is -1.18. The molecule has 0 bridgehead atoms. The molecule has 7 nitrogen and oxygen atoms in total. The lowest BCUT2D eigenvalue weighted by Gasteiger charge is -2.24. The lowest BCUT2D eigenvalue weighted by molar-refractivity contribution is -0.124. The number of methoxy groups -OCH3 is 1. The zero-order chi connectivity index (χ0) is 13.8. The smallest absolute Gasteiger partial charge is 0.239 e. The largest absolute Gasteiger partial charge is 0.383 e. The summed E-state index contributed by atoms with van der Waals surface area (Å²) in [5.41, 5.74) is 5.69. The van der Waals surface area contributed by atoms with Gasteiger partial charge in [-0.15, -0.1) is 12.4 Å². The summed E-state index contributed by atoms with van der Waals surface area (Å²) in [4.78, 5) is 16.3. The monoisotopic (exact) mass is 303 g/mol. The number of ether oxygens (including phenoxy) is 1. The van der Waals surface area contributed by atoms with Crippen LogP contribution in [0, 0.1) is 0 Å². The molecule has 2 heterocycles. The number of nitrogens with zero attached hydrogens (tertiary/aromatic N) is 3. The molecule has 0 aliphatic carbocycles. The van der Waals surface area contributed by atoms with Gasteiger partial charge in [-0.3, -0.25) is 4.79 Å². The molecule has 1 aliphatic rings. The molecule has 1 aliphatic heterocycles. The van der Waals surface area contributed by atoms with Gasteiger partial charge in [0.05, 0.1) is 13.2 Å². The summed E-state index contributed by atoms with van der Waals surface area (Å²) in [5.74, 6) is 1.69. The Morgan fingerprint density at radius 3 is 3.05 bits per heavy atom. The van der Waals surface area contributed by atoms with Crippen molar-refractivity contribution in [1.29, 1.82) is 0 Å². The van der Waals surface area contributed by atoms with Crippen LogP contribution in [0.15, 0.2) is 0 Å². The molecule has 0 saturated carbocycles. The maximum absolute atomic E-state index is 11.8. The fraction of sp³-hybridized carbons (Fsp3) is 0.750. The van der Waals surface area contributed by atoms with Crippen LogP contribution in [0.5, 0.6) is 0 Å². The third kappa shape index (κ3) is 3.91. The van der Waals surface area contributed by atoms with Gasteiger partial charge in [-0.05, 0) is 6.42 Å². The number of hydrogen-bond donors (Lipinski definition) is 2. The third-order valence-electron chi connectivity index (χ3n) is 3.25. The summed E-state index contributed by atoms with van der Waals surface area (Å²) in [7, 11) is 1.53. The molecule has 2 unspecified atom stereocenters. The minimum atomic E-state index is -0.617. The van der Waals surface area contributed by atoms with Crippen molar-refractivity contribution in [2.75, 3.05) is 13.7 Å². The van der Waals surface area contributed by atoms with Gasteiger partial charge in [0.15, 0.2) is 5.82 Å². The number of rotatable bonds is 5. The van der Waals surface area contributed by atoms with Crippen LogP contribution in [-0.2, 0) is 28.9 Å². The minimum Gasteiger partial charge on any atom is -0.383 e. The highest BCUT2D eigenvalue weighted by atomic mass is 35.5. The van der Waals surface area contributed by atoms with E-state index >= 15 is 0 Å². The molecule has 1 aromatic rings. The van der Waals surface area contributed by atoms with Crippen molar-refractivity contribution in [2.45, 2.75) is 44.8 Å². The lowest BCUT2D eigenvalue weighted by Crippen LogP contribution is -2.49. The predicted molar refractivity (Wildman–Crippen MR) is 76.8 cm³/mol. The standard InChI is InChI=1S/C12H21N5O2.ClH/c1-3-10-15-11-5-4-8(6-17(11)16-10)14-12(18)9(13)7-19-2;/h8-9H,3-7,13H2,1-2H3,(H,14,18);1H. The molecule has 0 fully saturated rings. The van der Waals surface area contributed by atoms with Gasteiger partial charge in [0, 0.05) is 26.0 Å². The Bertz CT molecular complexity index is 451. The van der Waals surface area contributed by atoms with E-state index in [0.717, 1.165) is 30.9 Å². The number of halogens is 1. The zero-order valence-electron chi connectivity index (χ0n) is 11.8. The quantitative estimate of drug-likeness (QED) is 0.776. The molecule has 2 atom stereocenters. The maximum atomic E-state index is 11.8. The van der Waals surface area contributed by atoms with Gasteiger partial charge in [-0.25, -0.2) is 9.67 Å². The van der Waals surface area contributed by atoms with Crippen molar-refractivity contribution in [3.8, 4) is 0 Å². The van der Waals surface area contributed by atoms with Gasteiger partial charge in [0.1, 0.15) is 11.9 Å². The molecule has 0 spiro atoms. The molecule has 0 radical (unpaired) electrons. The zero-order valence-corrected chi connectivity index (χ0v) is 12.7. The summed E-state index contributed by atoms with van der Waals surface area (Å²) in [6.07, 6.45) is 2.53. The summed E-state index contributed by atoms with van der Waals surface area (Å²) >= 11 is 0. The second-order valence-electron chi connectivity index (χ2n) is 4.79. The number of carbonyl (C=O) groups is 1. The van der Waals surface area contributed by atoms with E-state index in [-0.39, 0.29) is 31.0 Å². The number of nitrogens with two attached hydrogens (primary N) is 1. The molecule has 1 amide bonds. The van der Waals surface area contributed by atoms with E-state index in [9.17, 15) is 4.79 Å². The number of carbonyl (C=O) groups excluding carboxylic acids is 1. The van der Waals surface area contributed by atoms with Gasteiger partial charge < -0.3 is 15.8 Å². The van der Waals surface area contributed by atoms with Crippen LogP contribution in [-0.4, -0.2) is 46.5 Å². The number of nitrogens with one attached hydrogen (secondary N) is 1. The number of aryl methyl sites for hydroxylation is 2. The average Bonchev–Trinajstić information content (AvgIpc) is 2.81. The maximum Gasteiger partial charge on any atom is 0.239 e. The lowest BCUT2D eigenvalue weighted by atomic mass is 10.1. The molecule has 3 N–H and O–H groups in total. The van der Waals surface area contributed by atoms with Crippen molar-refractivity contribution < 1.29 is 9.53 Å². The summed E-state index contributed by atoms with van der Waals surface area (Å²) in [6.45, 7) is 2.92. The van der Waals surface area contributed by atoms with Crippen molar-refractivity contribution in [3.05, 3.63) is 11.6 Å². The normalized spacial score (nSPS) is 18.9. The fourth-order valence-electron chi connectivity index (χ4n) is 2.19. The van der Waals surface area contributed by atoms with E-state index in [1.165, 1.54) is 7.11 Å². The summed E-state index contributed by atoms with van der Waals surface area (Å²) in [5, 5.41) is 7.35. The highest BCUT2D eigenvalue weighted by Crippen LogP contribution is 2.13. The molecular weight excluding hydrogens is 282 g/mol. The molecule has 0 aromatic carbocycles. The number of amides is 1. The summed E-state index contributed by atoms with van der Waals surface area (Å²) in [6, 6.07) is -0.553. The predicted octanol–water partition coefficient (Wildman–Crippen LogP) is -0.333. The number of fused-ring (bicyclic) bond motifs is 1. The summed E-state index contributed by atoms with van der Waals surface area (Å²) < 4.78 is 6.76. The van der Waals surface area contributed by atoms with E-state index in [2.05, 4.69) is 15.4 Å². The van der Waals surface area contributed by atoms with Crippen LogP contribution < -0.4 is 11.1 Å². The van der Waals surface area contributed by atoms with Gasteiger partial charge in [-0.1, -0.05) is 6.92 Å². The Labute approximate surface area is 124 Å². The van der Waals surface area contributed by atoms with E-state index in [4.69, 9.17) is 10.5 Å². The molecule has 0 saturated heterocycles. The van der Waals surface area contributed by atoms with Gasteiger partial charge in [-0.2, -0.15) is 5.10 Å².